The molecule has 0 fully saturated rings. The first-order valence-corrected chi connectivity index (χ1v) is 6.81. The van der Waals surface area contributed by atoms with Gasteiger partial charge in [-0.15, -0.1) is 16.4 Å². The second kappa shape index (κ2) is 5.19. The minimum atomic E-state index is 0.661. The molecular weight excluding hydrogens is 258 g/mol. The first-order chi connectivity index (χ1) is 9.31. The average molecular weight is 271 g/mol. The van der Waals surface area contributed by atoms with E-state index < -0.39 is 0 Å². The molecule has 0 atom stereocenters. The van der Waals surface area contributed by atoms with Gasteiger partial charge in [-0.2, -0.15) is 0 Å². The van der Waals surface area contributed by atoms with Crippen molar-refractivity contribution in [1.29, 1.82) is 0 Å². The third-order valence-corrected chi connectivity index (χ3v) is 3.71. The van der Waals surface area contributed by atoms with Crippen LogP contribution in [0.2, 0.25) is 0 Å². The van der Waals surface area contributed by atoms with E-state index in [2.05, 4.69) is 27.0 Å². The Hall–Kier alpha value is -2.21. The molecule has 0 aliphatic carbocycles. The number of nitrogen functional groups attached to an aromatic ring is 1. The summed E-state index contributed by atoms with van der Waals surface area (Å²) in [5, 5.41) is 14.0. The molecule has 2 aromatic heterocycles. The van der Waals surface area contributed by atoms with Crippen molar-refractivity contribution in [3.63, 3.8) is 0 Å². The van der Waals surface area contributed by atoms with E-state index in [1.165, 1.54) is 4.88 Å². The SMILES string of the molecule is Nc1ccc(Cn2nnnc2Cc2cccs2)cc1. The van der Waals surface area contributed by atoms with Crippen LogP contribution >= 0.6 is 11.3 Å². The molecule has 6 heteroatoms. The van der Waals surface area contributed by atoms with E-state index in [9.17, 15) is 0 Å². The molecule has 3 aromatic rings. The van der Waals surface area contributed by atoms with E-state index in [1.54, 1.807) is 11.3 Å². The van der Waals surface area contributed by atoms with Gasteiger partial charge in [0.2, 0.25) is 0 Å². The van der Waals surface area contributed by atoms with Crippen LogP contribution in [0.15, 0.2) is 41.8 Å². The highest BCUT2D eigenvalue weighted by atomic mass is 32.1. The highest BCUT2D eigenvalue weighted by molar-refractivity contribution is 7.09. The number of nitrogens with zero attached hydrogens (tertiary/aromatic N) is 4. The van der Waals surface area contributed by atoms with Gasteiger partial charge in [-0.1, -0.05) is 18.2 Å². The van der Waals surface area contributed by atoms with E-state index in [-0.39, 0.29) is 0 Å². The second-order valence-electron chi connectivity index (χ2n) is 4.25. The zero-order chi connectivity index (χ0) is 13.1. The topological polar surface area (TPSA) is 69.6 Å². The predicted molar refractivity (Wildman–Crippen MR) is 74.9 cm³/mol. The number of anilines is 1. The molecule has 0 bridgehead atoms. The molecule has 3 rings (SSSR count). The third-order valence-electron chi connectivity index (χ3n) is 2.83. The largest absolute Gasteiger partial charge is 0.399 e. The van der Waals surface area contributed by atoms with Crippen molar-refractivity contribution < 1.29 is 0 Å². The predicted octanol–water partition coefficient (Wildman–Crippen LogP) is 1.96. The first kappa shape index (κ1) is 11.9. The van der Waals surface area contributed by atoms with E-state index in [0.717, 1.165) is 23.5 Å². The number of thiophene rings is 1. The van der Waals surface area contributed by atoms with Crippen LogP contribution in [0.4, 0.5) is 5.69 Å². The minimum Gasteiger partial charge on any atom is -0.399 e. The lowest BCUT2D eigenvalue weighted by atomic mass is 10.2. The fraction of sp³-hybridized carbons (Fsp3) is 0.154. The molecule has 96 valence electrons. The molecule has 0 saturated carbocycles. The van der Waals surface area contributed by atoms with Crippen LogP contribution in [-0.4, -0.2) is 20.2 Å². The van der Waals surface area contributed by atoms with Crippen LogP contribution in [0.25, 0.3) is 0 Å². The molecule has 0 unspecified atom stereocenters. The summed E-state index contributed by atoms with van der Waals surface area (Å²) < 4.78 is 1.82. The normalized spacial score (nSPS) is 10.7. The van der Waals surface area contributed by atoms with Gasteiger partial charge in [0, 0.05) is 17.0 Å². The lowest BCUT2D eigenvalue weighted by Crippen LogP contribution is -2.07. The monoisotopic (exact) mass is 271 g/mol. The molecular formula is C13H13N5S. The van der Waals surface area contributed by atoms with Crippen molar-refractivity contribution in [3.8, 4) is 0 Å². The highest BCUT2D eigenvalue weighted by Gasteiger charge is 2.08. The van der Waals surface area contributed by atoms with Crippen LogP contribution in [0, 0.1) is 0 Å². The lowest BCUT2D eigenvalue weighted by molar-refractivity contribution is 0.626. The van der Waals surface area contributed by atoms with Gasteiger partial charge in [-0.3, -0.25) is 0 Å². The summed E-state index contributed by atoms with van der Waals surface area (Å²) in [7, 11) is 0. The maximum absolute atomic E-state index is 5.67. The average Bonchev–Trinajstić information content (AvgIpc) is 3.06. The Morgan fingerprint density at radius 3 is 2.74 bits per heavy atom. The number of rotatable bonds is 4. The smallest absolute Gasteiger partial charge is 0.156 e. The molecule has 2 heterocycles. The molecule has 0 radical (unpaired) electrons. The second-order valence-corrected chi connectivity index (χ2v) is 5.28. The third kappa shape index (κ3) is 2.79. The summed E-state index contributed by atoms with van der Waals surface area (Å²) in [5.41, 5.74) is 7.57. The van der Waals surface area contributed by atoms with Crippen LogP contribution in [0.1, 0.15) is 16.3 Å². The summed E-state index contributed by atoms with van der Waals surface area (Å²) in [6, 6.07) is 11.9. The maximum atomic E-state index is 5.67. The van der Waals surface area contributed by atoms with Crippen LogP contribution in [-0.2, 0) is 13.0 Å². The van der Waals surface area contributed by atoms with Gasteiger partial charge in [0.1, 0.15) is 0 Å². The Labute approximate surface area is 114 Å². The summed E-state index contributed by atoms with van der Waals surface area (Å²) in [6.45, 7) is 0.661. The Morgan fingerprint density at radius 2 is 2.00 bits per heavy atom. The Kier molecular flexibility index (Phi) is 3.24. The van der Waals surface area contributed by atoms with Crippen molar-refractivity contribution in [3.05, 3.63) is 58.0 Å². The summed E-state index contributed by atoms with van der Waals surface area (Å²) in [5.74, 6) is 0.874. The van der Waals surface area contributed by atoms with Gasteiger partial charge in [-0.25, -0.2) is 4.68 Å². The van der Waals surface area contributed by atoms with E-state index in [1.807, 2.05) is 35.0 Å². The number of tetrazole rings is 1. The Bertz CT molecular complexity index is 642. The van der Waals surface area contributed by atoms with Crippen molar-refractivity contribution in [2.45, 2.75) is 13.0 Å². The minimum absolute atomic E-state index is 0.661. The van der Waals surface area contributed by atoms with Crippen LogP contribution in [0.3, 0.4) is 0 Å². The molecule has 0 saturated heterocycles. The molecule has 0 amide bonds. The van der Waals surface area contributed by atoms with Gasteiger partial charge >= 0.3 is 0 Å². The molecule has 5 nitrogen and oxygen atoms in total. The molecule has 19 heavy (non-hydrogen) atoms. The summed E-state index contributed by atoms with van der Waals surface area (Å²) in [6.07, 6.45) is 0.764. The number of hydrogen-bond donors (Lipinski definition) is 1. The first-order valence-electron chi connectivity index (χ1n) is 5.93. The Balaban J connectivity index is 1.78. The van der Waals surface area contributed by atoms with E-state index >= 15 is 0 Å². The fourth-order valence-electron chi connectivity index (χ4n) is 1.84. The summed E-state index contributed by atoms with van der Waals surface area (Å²) >= 11 is 1.71. The highest BCUT2D eigenvalue weighted by Crippen LogP contribution is 2.14. The quantitative estimate of drug-likeness (QED) is 0.736. The standard InChI is InChI=1S/C13H13N5S/c14-11-5-3-10(4-6-11)9-18-13(15-16-17-18)8-12-2-1-7-19-12/h1-7H,8-9,14H2. The van der Waals surface area contributed by atoms with Gasteiger partial charge in [0.05, 0.1) is 6.54 Å². The van der Waals surface area contributed by atoms with E-state index in [4.69, 9.17) is 5.73 Å². The number of nitrogens with two attached hydrogens (primary N) is 1. The van der Waals surface area contributed by atoms with Gasteiger partial charge in [0.15, 0.2) is 5.82 Å². The number of benzene rings is 1. The Morgan fingerprint density at radius 1 is 1.16 bits per heavy atom. The zero-order valence-corrected chi connectivity index (χ0v) is 11.0. The van der Waals surface area contributed by atoms with Crippen LogP contribution in [0.5, 0.6) is 0 Å². The molecule has 2 N–H and O–H groups in total. The van der Waals surface area contributed by atoms with Gasteiger partial charge in [-0.05, 0) is 39.6 Å². The molecule has 0 spiro atoms. The van der Waals surface area contributed by atoms with Crippen molar-refractivity contribution in [2.75, 3.05) is 5.73 Å². The van der Waals surface area contributed by atoms with Crippen LogP contribution < -0.4 is 5.73 Å². The number of hydrogen-bond acceptors (Lipinski definition) is 5. The van der Waals surface area contributed by atoms with E-state index in [0.29, 0.717) is 6.54 Å². The molecule has 1 aromatic carbocycles. The van der Waals surface area contributed by atoms with Crippen molar-refractivity contribution >= 4 is 17.0 Å². The fourth-order valence-corrected chi connectivity index (χ4v) is 2.54. The summed E-state index contributed by atoms with van der Waals surface area (Å²) in [4.78, 5) is 1.26. The molecule has 0 aliphatic rings. The molecule has 0 aliphatic heterocycles. The lowest BCUT2D eigenvalue weighted by Gasteiger charge is -2.04. The van der Waals surface area contributed by atoms with Gasteiger partial charge in [0.25, 0.3) is 0 Å². The van der Waals surface area contributed by atoms with Gasteiger partial charge < -0.3 is 5.73 Å². The zero-order valence-electron chi connectivity index (χ0n) is 10.2. The number of aromatic nitrogens is 4. The maximum Gasteiger partial charge on any atom is 0.156 e. The van der Waals surface area contributed by atoms with Crippen molar-refractivity contribution in [1.82, 2.24) is 20.2 Å². The van der Waals surface area contributed by atoms with Crippen molar-refractivity contribution in [2.24, 2.45) is 0 Å².